The summed E-state index contributed by atoms with van der Waals surface area (Å²) >= 11 is 10.1. The number of rotatable bonds is 5. The first-order valence-electron chi connectivity index (χ1n) is 6.62. The summed E-state index contributed by atoms with van der Waals surface area (Å²) < 4.78 is 27.3. The Hall–Kier alpha value is -0.150. The van der Waals surface area contributed by atoms with Crippen molar-refractivity contribution >= 4 is 54.8 Å². The number of hydrogen-bond acceptors (Lipinski definition) is 4. The van der Waals surface area contributed by atoms with Gasteiger partial charge in [0, 0.05) is 26.1 Å². The molecule has 0 saturated carbocycles. The topological polar surface area (TPSA) is 66.5 Å². The Balaban J connectivity index is 1.85. The first-order valence-corrected chi connectivity index (χ1v) is 10.1. The van der Waals surface area contributed by atoms with Crippen LogP contribution < -0.4 is 4.72 Å². The number of thiophene rings is 1. The van der Waals surface area contributed by atoms with Gasteiger partial charge in [-0.15, -0.1) is 11.3 Å². The Morgan fingerprint density at radius 3 is 2.62 bits per heavy atom. The van der Waals surface area contributed by atoms with E-state index in [1.54, 1.807) is 4.90 Å². The fraction of sp³-hybridized carbons (Fsp3) is 0.583. The molecule has 9 heteroatoms. The number of nitrogens with zero attached hydrogens (tertiary/aromatic N) is 1. The van der Waals surface area contributed by atoms with Gasteiger partial charge in [0.15, 0.2) is 0 Å². The number of sulfonamides is 1. The van der Waals surface area contributed by atoms with Crippen LogP contribution in [-0.4, -0.2) is 38.9 Å². The average Bonchev–Trinajstić information content (AvgIpc) is 2.80. The van der Waals surface area contributed by atoms with Crippen molar-refractivity contribution in [2.45, 2.75) is 29.9 Å². The molecule has 0 bridgehead atoms. The zero-order valence-electron chi connectivity index (χ0n) is 11.3. The summed E-state index contributed by atoms with van der Waals surface area (Å²) in [5, 5.41) is 0.366. The normalized spacial score (nSPS) is 16.2. The highest BCUT2D eigenvalue weighted by molar-refractivity contribution is 9.11. The van der Waals surface area contributed by atoms with Crippen molar-refractivity contribution in [3.8, 4) is 0 Å². The van der Waals surface area contributed by atoms with Gasteiger partial charge in [-0.3, -0.25) is 4.79 Å². The van der Waals surface area contributed by atoms with E-state index < -0.39 is 10.0 Å². The van der Waals surface area contributed by atoms with Gasteiger partial charge in [0.2, 0.25) is 15.9 Å². The molecule has 5 nitrogen and oxygen atoms in total. The molecule has 1 aliphatic rings. The summed E-state index contributed by atoms with van der Waals surface area (Å²) in [5.74, 6) is 0.00259. The van der Waals surface area contributed by atoms with Crippen molar-refractivity contribution in [2.24, 2.45) is 0 Å². The minimum Gasteiger partial charge on any atom is -0.343 e. The summed E-state index contributed by atoms with van der Waals surface area (Å²) in [5.41, 5.74) is 0. The van der Waals surface area contributed by atoms with Gasteiger partial charge in [-0.05, 0) is 41.3 Å². The first kappa shape index (κ1) is 17.2. The fourth-order valence-electron chi connectivity index (χ4n) is 2.12. The van der Waals surface area contributed by atoms with Gasteiger partial charge in [0.05, 0.1) is 8.81 Å². The summed E-state index contributed by atoms with van der Waals surface area (Å²) in [4.78, 5) is 13.7. The molecule has 1 fully saturated rings. The highest BCUT2D eigenvalue weighted by atomic mass is 79.9. The monoisotopic (exact) mass is 414 g/mol. The molecule has 1 aromatic heterocycles. The third-order valence-corrected chi connectivity index (χ3v) is 7.64. The molecule has 2 rings (SSSR count). The highest BCUT2D eigenvalue weighted by Gasteiger charge is 2.20. The van der Waals surface area contributed by atoms with Crippen LogP contribution in [0.2, 0.25) is 5.02 Å². The van der Waals surface area contributed by atoms with Crippen LogP contribution in [0.5, 0.6) is 0 Å². The third kappa shape index (κ3) is 4.66. The van der Waals surface area contributed by atoms with Gasteiger partial charge in [0.25, 0.3) is 0 Å². The summed E-state index contributed by atoms with van der Waals surface area (Å²) in [6, 6.07) is 1.39. The van der Waals surface area contributed by atoms with E-state index in [2.05, 4.69) is 20.7 Å². The van der Waals surface area contributed by atoms with E-state index in [1.165, 1.54) is 6.07 Å². The summed E-state index contributed by atoms with van der Waals surface area (Å²) in [6.45, 7) is 1.66. The number of nitrogens with one attached hydrogen (secondary N) is 1. The van der Waals surface area contributed by atoms with Gasteiger partial charge in [0.1, 0.15) is 4.21 Å². The second-order valence-corrected chi connectivity index (χ2v) is 9.55. The first-order chi connectivity index (χ1) is 9.90. The van der Waals surface area contributed by atoms with Crippen molar-refractivity contribution in [1.29, 1.82) is 0 Å². The molecule has 1 N–H and O–H groups in total. The van der Waals surface area contributed by atoms with E-state index in [4.69, 9.17) is 11.6 Å². The summed E-state index contributed by atoms with van der Waals surface area (Å²) in [7, 11) is -3.61. The molecule has 21 heavy (non-hydrogen) atoms. The predicted octanol–water partition coefficient (Wildman–Crippen LogP) is 2.84. The average molecular weight is 416 g/mol. The lowest BCUT2D eigenvalue weighted by atomic mass is 10.1. The standard InChI is InChI=1S/C12H16BrClN2O3S2/c13-12-9(14)8-11(20-12)21(18,19)15-5-4-10(17)16-6-2-1-3-7-16/h8,15H,1-7H2. The minimum atomic E-state index is -3.61. The van der Waals surface area contributed by atoms with E-state index >= 15 is 0 Å². The molecule has 1 aliphatic heterocycles. The Morgan fingerprint density at radius 1 is 1.38 bits per heavy atom. The Labute approximate surface area is 141 Å². The second-order valence-electron chi connectivity index (χ2n) is 4.78. The van der Waals surface area contributed by atoms with Crippen molar-refractivity contribution in [3.63, 3.8) is 0 Å². The van der Waals surface area contributed by atoms with Crippen molar-refractivity contribution in [1.82, 2.24) is 9.62 Å². The molecule has 0 aromatic carbocycles. The lowest BCUT2D eigenvalue weighted by Gasteiger charge is -2.26. The van der Waals surface area contributed by atoms with Gasteiger partial charge in [-0.25, -0.2) is 13.1 Å². The molecule has 1 saturated heterocycles. The third-order valence-electron chi connectivity index (χ3n) is 3.23. The van der Waals surface area contributed by atoms with Crippen LogP contribution in [0.3, 0.4) is 0 Å². The number of halogens is 2. The largest absolute Gasteiger partial charge is 0.343 e. The van der Waals surface area contributed by atoms with E-state index in [9.17, 15) is 13.2 Å². The highest BCUT2D eigenvalue weighted by Crippen LogP contribution is 2.34. The van der Waals surface area contributed by atoms with Crippen molar-refractivity contribution in [2.75, 3.05) is 19.6 Å². The van der Waals surface area contributed by atoms with Crippen LogP contribution in [-0.2, 0) is 14.8 Å². The van der Waals surface area contributed by atoms with Crippen LogP contribution in [0.4, 0.5) is 0 Å². The van der Waals surface area contributed by atoms with Crippen molar-refractivity contribution < 1.29 is 13.2 Å². The zero-order chi connectivity index (χ0) is 15.5. The summed E-state index contributed by atoms with van der Waals surface area (Å²) in [6.07, 6.45) is 3.39. The minimum absolute atomic E-state index is 0.00259. The van der Waals surface area contributed by atoms with Gasteiger partial charge in [-0.2, -0.15) is 0 Å². The number of likely N-dealkylation sites (tertiary alicyclic amines) is 1. The van der Waals surface area contributed by atoms with Crippen LogP contribution in [0, 0.1) is 0 Å². The van der Waals surface area contributed by atoms with E-state index in [-0.39, 0.29) is 23.1 Å². The Bertz CT molecular complexity index is 593. The molecule has 1 aromatic rings. The Morgan fingerprint density at radius 2 is 2.05 bits per heavy atom. The Kier molecular flexibility index (Phi) is 6.07. The predicted molar refractivity (Wildman–Crippen MR) is 87.3 cm³/mol. The number of piperidine rings is 1. The number of amides is 1. The van der Waals surface area contributed by atoms with E-state index in [1.807, 2.05) is 0 Å². The molecule has 0 atom stereocenters. The molecule has 0 aliphatic carbocycles. The lowest BCUT2D eigenvalue weighted by Crippen LogP contribution is -2.37. The maximum atomic E-state index is 12.1. The van der Waals surface area contributed by atoms with Crippen LogP contribution in [0.1, 0.15) is 25.7 Å². The van der Waals surface area contributed by atoms with Crippen LogP contribution in [0.25, 0.3) is 0 Å². The van der Waals surface area contributed by atoms with Gasteiger partial charge in [-0.1, -0.05) is 11.6 Å². The molecule has 0 unspecified atom stereocenters. The molecular formula is C12H16BrClN2O3S2. The fourth-order valence-corrected chi connectivity index (χ4v) is 5.60. The van der Waals surface area contributed by atoms with Crippen LogP contribution >= 0.6 is 38.9 Å². The maximum Gasteiger partial charge on any atom is 0.250 e. The molecule has 0 radical (unpaired) electrons. The second kappa shape index (κ2) is 7.41. The van der Waals surface area contributed by atoms with Crippen molar-refractivity contribution in [3.05, 3.63) is 14.9 Å². The van der Waals surface area contributed by atoms with E-state index in [0.717, 1.165) is 43.7 Å². The number of carbonyl (C=O) groups excluding carboxylic acids is 1. The lowest BCUT2D eigenvalue weighted by molar-refractivity contribution is -0.131. The number of carbonyl (C=O) groups is 1. The SMILES string of the molecule is O=C(CCNS(=O)(=O)c1cc(Cl)c(Br)s1)N1CCCCC1. The molecule has 118 valence electrons. The van der Waals surface area contributed by atoms with Crippen LogP contribution in [0.15, 0.2) is 14.1 Å². The smallest absolute Gasteiger partial charge is 0.250 e. The molecule has 2 heterocycles. The molecular weight excluding hydrogens is 400 g/mol. The van der Waals surface area contributed by atoms with Gasteiger partial charge < -0.3 is 4.90 Å². The van der Waals surface area contributed by atoms with E-state index in [0.29, 0.717) is 8.81 Å². The maximum absolute atomic E-state index is 12.1. The van der Waals surface area contributed by atoms with Gasteiger partial charge >= 0.3 is 0 Å². The zero-order valence-corrected chi connectivity index (χ0v) is 15.2. The molecule has 1 amide bonds. The number of hydrogen-bond donors (Lipinski definition) is 1. The quantitative estimate of drug-likeness (QED) is 0.804. The molecule has 0 spiro atoms.